The van der Waals surface area contributed by atoms with E-state index in [1.807, 2.05) is 0 Å². The molecule has 0 nitrogen and oxygen atoms in total. The van der Waals surface area contributed by atoms with Crippen LogP contribution in [0.25, 0.3) is 11.6 Å². The molecule has 0 fully saturated rings. The summed E-state index contributed by atoms with van der Waals surface area (Å²) in [6, 6.07) is 9.52. The molecule has 2 aromatic rings. The molecule has 82 valence electrons. The maximum absolute atomic E-state index is 2.46. The molecule has 18 heavy (non-hydrogen) atoms. The van der Waals surface area contributed by atoms with Crippen molar-refractivity contribution >= 4 is 11.6 Å². The van der Waals surface area contributed by atoms with Gasteiger partial charge in [-0.15, -0.1) is 0 Å². The third-order valence-electron chi connectivity index (χ3n) is 5.05. The predicted octanol–water partition coefficient (Wildman–Crippen LogP) is 1.84. The van der Waals surface area contributed by atoms with Crippen molar-refractivity contribution < 1.29 is 0 Å². The van der Waals surface area contributed by atoms with Crippen LogP contribution in [-0.2, 0) is 6.42 Å². The molecule has 1 unspecified atom stereocenters. The van der Waals surface area contributed by atoms with E-state index in [2.05, 4.69) is 42.5 Å². The lowest BCUT2D eigenvalue weighted by Gasteiger charge is -2.31. The lowest BCUT2D eigenvalue weighted by molar-refractivity contribution is 0.961. The Balaban J connectivity index is 2.09. The van der Waals surface area contributed by atoms with Crippen molar-refractivity contribution in [2.75, 3.05) is 0 Å². The van der Waals surface area contributed by atoms with Crippen LogP contribution < -0.4 is 10.4 Å². The Hall–Kier alpha value is -2.08. The van der Waals surface area contributed by atoms with E-state index in [4.69, 9.17) is 0 Å². The summed E-state index contributed by atoms with van der Waals surface area (Å²) in [6.07, 6.45) is 7.92. The fourth-order valence-corrected chi connectivity index (χ4v) is 4.43. The fourth-order valence-electron chi connectivity index (χ4n) is 4.43. The first-order chi connectivity index (χ1) is 8.93. The van der Waals surface area contributed by atoms with E-state index in [-0.39, 0.29) is 0 Å². The number of benzene rings is 2. The molecule has 0 aliphatic heterocycles. The second kappa shape index (κ2) is 2.24. The normalized spacial score (nSPS) is 21.8. The van der Waals surface area contributed by atoms with Gasteiger partial charge in [-0.2, -0.15) is 0 Å². The van der Waals surface area contributed by atoms with Gasteiger partial charge in [0.2, 0.25) is 0 Å². The minimum Gasteiger partial charge on any atom is -0.0801 e. The highest BCUT2D eigenvalue weighted by Gasteiger charge is 2.37. The van der Waals surface area contributed by atoms with Gasteiger partial charge in [0.1, 0.15) is 0 Å². The van der Waals surface area contributed by atoms with Crippen molar-refractivity contribution in [2.45, 2.75) is 12.3 Å². The minimum absolute atomic E-state index is 0.552. The van der Waals surface area contributed by atoms with Crippen LogP contribution in [0.1, 0.15) is 28.2 Å². The van der Waals surface area contributed by atoms with Crippen LogP contribution in [0.4, 0.5) is 0 Å². The Morgan fingerprint density at radius 3 is 3.00 bits per heavy atom. The van der Waals surface area contributed by atoms with Gasteiger partial charge in [-0.25, -0.2) is 0 Å². The van der Waals surface area contributed by atoms with E-state index in [9.17, 15) is 0 Å². The van der Waals surface area contributed by atoms with E-state index < -0.39 is 0 Å². The summed E-state index contributed by atoms with van der Waals surface area (Å²) in [7, 11) is 0. The molecule has 6 aliphatic rings. The molecule has 7 bridgehead atoms. The second-order valence-corrected chi connectivity index (χ2v) is 5.73. The van der Waals surface area contributed by atoms with E-state index in [0.717, 1.165) is 6.42 Å². The van der Waals surface area contributed by atoms with Gasteiger partial charge in [-0.3, -0.25) is 0 Å². The Bertz CT molecular complexity index is 1030. The number of hydrogen-bond acceptors (Lipinski definition) is 0. The van der Waals surface area contributed by atoms with Crippen LogP contribution in [0.2, 0.25) is 0 Å². The highest BCUT2D eigenvalue weighted by atomic mass is 14.4. The van der Waals surface area contributed by atoms with E-state index in [1.54, 1.807) is 22.3 Å². The number of hydrogen-bond donors (Lipinski definition) is 0. The van der Waals surface area contributed by atoms with Crippen molar-refractivity contribution in [3.63, 3.8) is 0 Å². The quantitative estimate of drug-likeness (QED) is 0.643. The minimum atomic E-state index is 0.552. The highest BCUT2D eigenvalue weighted by Crippen LogP contribution is 2.46. The van der Waals surface area contributed by atoms with Gasteiger partial charge < -0.3 is 0 Å². The molecule has 6 aliphatic carbocycles. The molecule has 0 aromatic heterocycles. The largest absolute Gasteiger partial charge is 0.0801 e. The lowest BCUT2D eigenvalue weighted by Crippen LogP contribution is -2.31. The monoisotopic (exact) mass is 226 g/mol. The third kappa shape index (κ3) is 0.606. The molecular formula is C18H10. The van der Waals surface area contributed by atoms with Gasteiger partial charge in [0, 0.05) is 5.92 Å². The summed E-state index contributed by atoms with van der Waals surface area (Å²) in [5.74, 6) is 0.552. The van der Waals surface area contributed by atoms with Crippen molar-refractivity contribution in [1.82, 2.24) is 0 Å². The topological polar surface area (TPSA) is 0 Å². The smallest absolute Gasteiger partial charge is 0.0358 e. The lowest BCUT2D eigenvalue weighted by atomic mass is 9.71. The molecular weight excluding hydrogens is 216 g/mol. The van der Waals surface area contributed by atoms with E-state index in [0.29, 0.717) is 5.92 Å². The van der Waals surface area contributed by atoms with Crippen LogP contribution in [-0.4, -0.2) is 0 Å². The first kappa shape index (κ1) is 8.10. The Labute approximate surface area is 104 Å². The van der Waals surface area contributed by atoms with Crippen molar-refractivity contribution in [1.29, 1.82) is 0 Å². The molecule has 0 radical (unpaired) electrons. The zero-order chi connectivity index (χ0) is 11.4. The van der Waals surface area contributed by atoms with Gasteiger partial charge in [0.25, 0.3) is 0 Å². The van der Waals surface area contributed by atoms with Gasteiger partial charge in [0.05, 0.1) is 0 Å². The van der Waals surface area contributed by atoms with Crippen LogP contribution in [0.3, 0.4) is 0 Å². The standard InChI is InChI=1S/C18H10/c1-2-4-11-10(3-1)14-8-15-13-7-9-5-6-12(13)18(16(9)14)17(11)15/h1-3,5-8,16H,4H2. The first-order valence-corrected chi connectivity index (χ1v) is 6.65. The maximum atomic E-state index is 2.46. The van der Waals surface area contributed by atoms with E-state index >= 15 is 0 Å². The molecule has 0 saturated carbocycles. The van der Waals surface area contributed by atoms with Crippen molar-refractivity contribution in [2.24, 2.45) is 0 Å². The van der Waals surface area contributed by atoms with Crippen LogP contribution >= 0.6 is 0 Å². The Morgan fingerprint density at radius 1 is 1.00 bits per heavy atom. The van der Waals surface area contributed by atoms with Gasteiger partial charge in [-0.05, 0) is 67.3 Å². The predicted molar refractivity (Wildman–Crippen MR) is 71.5 cm³/mol. The molecule has 0 amide bonds. The van der Waals surface area contributed by atoms with Gasteiger partial charge >= 0.3 is 0 Å². The number of allylic oxidation sites excluding steroid dienone is 2. The number of fused-ring (bicyclic) bond motifs is 1. The molecule has 0 spiro atoms. The summed E-state index contributed by atoms with van der Waals surface area (Å²) in [5, 5.41) is 6.01. The van der Waals surface area contributed by atoms with Crippen LogP contribution in [0, 0.1) is 10.4 Å². The summed E-state index contributed by atoms with van der Waals surface area (Å²) in [5.41, 5.74) is 7.83. The highest BCUT2D eigenvalue weighted by molar-refractivity contribution is 5.87. The zero-order valence-electron chi connectivity index (χ0n) is 9.83. The Kier molecular flexibility index (Phi) is 1.01. The fraction of sp³-hybridized carbons (Fsp3) is 0.111. The second-order valence-electron chi connectivity index (χ2n) is 5.73. The maximum Gasteiger partial charge on any atom is 0.0358 e. The zero-order valence-corrected chi connectivity index (χ0v) is 9.83. The van der Waals surface area contributed by atoms with Crippen LogP contribution in [0.5, 0.6) is 0 Å². The summed E-state index contributed by atoms with van der Waals surface area (Å²) in [6.45, 7) is 0. The third-order valence-corrected chi connectivity index (χ3v) is 5.05. The first-order valence-electron chi connectivity index (χ1n) is 6.65. The Morgan fingerprint density at radius 2 is 2.00 bits per heavy atom. The summed E-state index contributed by atoms with van der Waals surface area (Å²) >= 11 is 0. The molecule has 0 saturated heterocycles. The molecule has 1 atom stereocenters. The SMILES string of the molecule is C1=CCc2c3c4cc(c2=C1)C1C3=c2ccc1cc2=4. The average Bonchev–Trinajstić information content (AvgIpc) is 2.59. The van der Waals surface area contributed by atoms with Gasteiger partial charge in [0.15, 0.2) is 0 Å². The molecule has 0 N–H and O–H groups in total. The van der Waals surface area contributed by atoms with Crippen LogP contribution in [0.15, 0.2) is 36.4 Å². The average molecular weight is 226 g/mol. The summed E-state index contributed by atoms with van der Waals surface area (Å²) in [4.78, 5) is 0. The molecule has 0 heteroatoms. The van der Waals surface area contributed by atoms with E-state index in [1.165, 1.54) is 26.4 Å². The number of rotatable bonds is 0. The van der Waals surface area contributed by atoms with Crippen molar-refractivity contribution in [3.05, 3.63) is 79.5 Å². The van der Waals surface area contributed by atoms with Crippen molar-refractivity contribution in [3.8, 4) is 0 Å². The molecule has 8 rings (SSSR count). The molecule has 0 heterocycles. The molecule has 2 aromatic carbocycles. The van der Waals surface area contributed by atoms with Gasteiger partial charge in [-0.1, -0.05) is 30.4 Å². The summed E-state index contributed by atoms with van der Waals surface area (Å²) < 4.78 is 0.